The molecule has 0 aliphatic heterocycles. The van der Waals surface area contributed by atoms with Gasteiger partial charge in [-0.25, -0.2) is 9.97 Å². The Labute approximate surface area is 153 Å². The highest BCUT2D eigenvalue weighted by atomic mass is 127. The van der Waals surface area contributed by atoms with Gasteiger partial charge >= 0.3 is 0 Å². The lowest BCUT2D eigenvalue weighted by molar-refractivity contribution is 0.629. The van der Waals surface area contributed by atoms with E-state index in [0.29, 0.717) is 16.8 Å². The molecule has 0 unspecified atom stereocenters. The SMILES string of the molecule is CC(C)Cc1nc(CSc2ccc(Cl)cc2)nc(Cl)c1I. The van der Waals surface area contributed by atoms with Crippen LogP contribution in [0.3, 0.4) is 0 Å². The third-order valence-corrected chi connectivity index (χ3v) is 5.69. The number of nitrogens with zero attached hydrogens (tertiary/aromatic N) is 2. The van der Waals surface area contributed by atoms with Crippen LogP contribution in [0.1, 0.15) is 25.4 Å². The Morgan fingerprint density at radius 3 is 2.43 bits per heavy atom. The van der Waals surface area contributed by atoms with Crippen molar-refractivity contribution >= 4 is 57.6 Å². The van der Waals surface area contributed by atoms with Gasteiger partial charge in [0, 0.05) is 9.92 Å². The first-order chi connectivity index (χ1) is 9.95. The zero-order valence-electron chi connectivity index (χ0n) is 11.7. The summed E-state index contributed by atoms with van der Waals surface area (Å²) in [6.07, 6.45) is 0.916. The molecule has 6 heteroatoms. The third kappa shape index (κ3) is 5.27. The molecule has 0 bridgehead atoms. The van der Waals surface area contributed by atoms with Crippen molar-refractivity contribution in [1.82, 2.24) is 9.97 Å². The Hall–Kier alpha value is -0.0400. The molecule has 0 saturated heterocycles. The van der Waals surface area contributed by atoms with E-state index >= 15 is 0 Å². The predicted molar refractivity (Wildman–Crippen MR) is 99.3 cm³/mol. The molecular weight excluding hydrogens is 438 g/mol. The molecule has 0 fully saturated rings. The number of rotatable bonds is 5. The maximum atomic E-state index is 6.22. The number of benzene rings is 1. The zero-order chi connectivity index (χ0) is 15.4. The summed E-state index contributed by atoms with van der Waals surface area (Å²) in [5.41, 5.74) is 1.04. The van der Waals surface area contributed by atoms with Crippen molar-refractivity contribution in [3.63, 3.8) is 0 Å². The van der Waals surface area contributed by atoms with Crippen LogP contribution in [0.25, 0.3) is 0 Å². The Kier molecular flexibility index (Phi) is 6.59. The van der Waals surface area contributed by atoms with Crippen molar-refractivity contribution in [3.05, 3.63) is 49.5 Å². The van der Waals surface area contributed by atoms with Crippen LogP contribution >= 0.6 is 57.6 Å². The van der Waals surface area contributed by atoms with Crippen LogP contribution in [0.15, 0.2) is 29.2 Å². The molecule has 0 spiro atoms. The topological polar surface area (TPSA) is 25.8 Å². The van der Waals surface area contributed by atoms with E-state index in [1.165, 1.54) is 0 Å². The lowest BCUT2D eigenvalue weighted by Gasteiger charge is -2.10. The summed E-state index contributed by atoms with van der Waals surface area (Å²) >= 11 is 16.0. The minimum absolute atomic E-state index is 0.543. The molecule has 2 nitrogen and oxygen atoms in total. The number of aromatic nitrogens is 2. The van der Waals surface area contributed by atoms with E-state index in [-0.39, 0.29) is 0 Å². The van der Waals surface area contributed by atoms with Gasteiger partial charge in [-0.15, -0.1) is 11.8 Å². The van der Waals surface area contributed by atoms with Crippen molar-refractivity contribution in [3.8, 4) is 0 Å². The highest BCUT2D eigenvalue weighted by Gasteiger charge is 2.12. The summed E-state index contributed by atoms with van der Waals surface area (Å²) in [5.74, 6) is 2.01. The van der Waals surface area contributed by atoms with Crippen LogP contribution in [0.2, 0.25) is 10.2 Å². The summed E-state index contributed by atoms with van der Waals surface area (Å²) in [4.78, 5) is 10.2. The molecule has 0 aliphatic carbocycles. The van der Waals surface area contributed by atoms with Gasteiger partial charge in [0.25, 0.3) is 0 Å². The molecule has 0 radical (unpaired) electrons. The fourth-order valence-corrected chi connectivity index (χ4v) is 3.32. The van der Waals surface area contributed by atoms with E-state index < -0.39 is 0 Å². The Morgan fingerprint density at radius 1 is 1.14 bits per heavy atom. The highest BCUT2D eigenvalue weighted by Crippen LogP contribution is 2.26. The third-order valence-electron chi connectivity index (χ3n) is 2.71. The van der Waals surface area contributed by atoms with Crippen LogP contribution in [-0.4, -0.2) is 9.97 Å². The van der Waals surface area contributed by atoms with Gasteiger partial charge in [-0.1, -0.05) is 37.0 Å². The van der Waals surface area contributed by atoms with Gasteiger partial charge in [0.1, 0.15) is 11.0 Å². The average molecular weight is 453 g/mol. The number of thioether (sulfide) groups is 1. The molecule has 2 rings (SSSR count). The Balaban J connectivity index is 2.12. The number of halogens is 3. The second kappa shape index (κ2) is 7.99. The Morgan fingerprint density at radius 2 is 1.81 bits per heavy atom. The maximum absolute atomic E-state index is 6.22. The second-order valence-electron chi connectivity index (χ2n) is 5.03. The van der Waals surface area contributed by atoms with Crippen LogP contribution < -0.4 is 0 Å². The summed E-state index contributed by atoms with van der Waals surface area (Å²) < 4.78 is 0.961. The number of hydrogen-bond donors (Lipinski definition) is 0. The van der Waals surface area contributed by atoms with E-state index in [4.69, 9.17) is 23.2 Å². The quantitative estimate of drug-likeness (QED) is 0.322. The highest BCUT2D eigenvalue weighted by molar-refractivity contribution is 14.1. The smallest absolute Gasteiger partial charge is 0.146 e. The standard InChI is InChI=1S/C15H15Cl2IN2S/c1-9(2)7-12-14(18)15(17)20-13(19-12)8-21-11-5-3-10(16)4-6-11/h3-6,9H,7-8H2,1-2H3. The number of hydrogen-bond acceptors (Lipinski definition) is 3. The largest absolute Gasteiger partial charge is 0.236 e. The van der Waals surface area contributed by atoms with E-state index in [9.17, 15) is 0 Å². The predicted octanol–water partition coefficient (Wildman–Crippen LogP) is 5.88. The van der Waals surface area contributed by atoms with Crippen molar-refractivity contribution < 1.29 is 0 Å². The minimum atomic E-state index is 0.543. The van der Waals surface area contributed by atoms with Gasteiger partial charge in [-0.05, 0) is 59.2 Å². The molecule has 21 heavy (non-hydrogen) atoms. The Bertz CT molecular complexity index is 618. The molecule has 0 amide bonds. The van der Waals surface area contributed by atoms with Crippen molar-refractivity contribution in [1.29, 1.82) is 0 Å². The molecule has 0 N–H and O–H groups in total. The molecular formula is C15H15Cl2IN2S. The van der Waals surface area contributed by atoms with Gasteiger partial charge in [-0.2, -0.15) is 0 Å². The summed E-state index contributed by atoms with van der Waals surface area (Å²) in [6, 6.07) is 7.76. The minimum Gasteiger partial charge on any atom is -0.236 e. The van der Waals surface area contributed by atoms with Crippen molar-refractivity contribution in [2.24, 2.45) is 5.92 Å². The molecule has 1 aromatic heterocycles. The normalized spacial score (nSPS) is 11.1. The van der Waals surface area contributed by atoms with Crippen molar-refractivity contribution in [2.75, 3.05) is 0 Å². The monoisotopic (exact) mass is 452 g/mol. The van der Waals surface area contributed by atoms with Gasteiger partial charge in [0.05, 0.1) is 15.0 Å². The summed E-state index contributed by atoms with van der Waals surface area (Å²) in [5, 5.41) is 1.29. The summed E-state index contributed by atoms with van der Waals surface area (Å²) in [6.45, 7) is 4.35. The van der Waals surface area contributed by atoms with E-state index in [1.54, 1.807) is 11.8 Å². The zero-order valence-corrected chi connectivity index (χ0v) is 16.2. The van der Waals surface area contributed by atoms with Crippen LogP contribution in [0.4, 0.5) is 0 Å². The molecule has 1 aromatic carbocycles. The van der Waals surface area contributed by atoms with Gasteiger partial charge in [0.2, 0.25) is 0 Å². The average Bonchev–Trinajstić information content (AvgIpc) is 2.43. The van der Waals surface area contributed by atoms with Crippen LogP contribution in [0, 0.1) is 9.49 Å². The summed E-state index contributed by atoms with van der Waals surface area (Å²) in [7, 11) is 0. The van der Waals surface area contributed by atoms with E-state index in [2.05, 4.69) is 46.4 Å². The maximum Gasteiger partial charge on any atom is 0.146 e. The fraction of sp³-hybridized carbons (Fsp3) is 0.333. The van der Waals surface area contributed by atoms with E-state index in [0.717, 1.165) is 31.4 Å². The molecule has 1 heterocycles. The fourth-order valence-electron chi connectivity index (χ4n) is 1.78. The molecule has 0 saturated carbocycles. The molecule has 0 aliphatic rings. The van der Waals surface area contributed by atoms with Crippen LogP contribution in [-0.2, 0) is 12.2 Å². The first kappa shape index (κ1) is 17.3. The lowest BCUT2D eigenvalue weighted by Crippen LogP contribution is -2.06. The molecule has 2 aromatic rings. The van der Waals surface area contributed by atoms with Crippen LogP contribution in [0.5, 0.6) is 0 Å². The first-order valence-electron chi connectivity index (χ1n) is 6.55. The van der Waals surface area contributed by atoms with Gasteiger partial charge in [0.15, 0.2) is 0 Å². The molecule has 112 valence electrons. The van der Waals surface area contributed by atoms with E-state index in [1.807, 2.05) is 24.3 Å². The second-order valence-corrected chi connectivity index (χ2v) is 7.95. The van der Waals surface area contributed by atoms with Gasteiger partial charge < -0.3 is 0 Å². The lowest BCUT2D eigenvalue weighted by atomic mass is 10.1. The molecule has 0 atom stereocenters. The van der Waals surface area contributed by atoms with Crippen molar-refractivity contribution in [2.45, 2.75) is 30.9 Å². The first-order valence-corrected chi connectivity index (χ1v) is 9.37. The van der Waals surface area contributed by atoms with Gasteiger partial charge in [-0.3, -0.25) is 0 Å².